The zero-order chi connectivity index (χ0) is 23.0. The molecule has 1 saturated heterocycles. The summed E-state index contributed by atoms with van der Waals surface area (Å²) >= 11 is 0. The van der Waals surface area contributed by atoms with Gasteiger partial charge in [0.25, 0.3) is 0 Å². The first kappa shape index (κ1) is 9.98. The molecule has 1 amide bonds. The molecule has 0 atom stereocenters. The molecule has 0 unspecified atom stereocenters. The van der Waals surface area contributed by atoms with Gasteiger partial charge in [-0.25, -0.2) is 4.79 Å². The Bertz CT molecular complexity index is 730. The maximum absolute atomic E-state index is 12.7. The van der Waals surface area contributed by atoms with E-state index in [1.165, 1.54) is 0 Å². The minimum atomic E-state index is -3.24. The Hall–Kier alpha value is -1.01. The van der Waals surface area contributed by atoms with Crippen LogP contribution in [0.5, 0.6) is 0 Å². The topological polar surface area (TPSA) is 48.0 Å². The van der Waals surface area contributed by atoms with Crippen molar-refractivity contribution in [3.63, 3.8) is 0 Å². The summed E-state index contributed by atoms with van der Waals surface area (Å²) in [6.07, 6.45) is -8.43. The van der Waals surface area contributed by atoms with Gasteiger partial charge in [-0.15, -0.1) is 0 Å². The molecule has 0 N–H and O–H groups in total. The van der Waals surface area contributed by atoms with Crippen molar-refractivity contribution >= 4 is 13.2 Å². The van der Waals surface area contributed by atoms with Crippen LogP contribution in [0.3, 0.4) is 0 Å². The molecule has 0 aliphatic carbocycles. The van der Waals surface area contributed by atoms with Crippen LogP contribution in [0.15, 0.2) is 11.6 Å². The number of ether oxygens (including phenoxy) is 1. The van der Waals surface area contributed by atoms with Crippen LogP contribution >= 0.6 is 0 Å². The van der Waals surface area contributed by atoms with Crippen molar-refractivity contribution in [1.82, 2.24) is 4.90 Å². The van der Waals surface area contributed by atoms with Crippen LogP contribution in [0, 0.1) is 0 Å². The molecule has 6 heteroatoms. The Balaban J connectivity index is 2.70. The van der Waals surface area contributed by atoms with Crippen molar-refractivity contribution in [3.05, 3.63) is 11.6 Å². The number of hydrogen-bond acceptors (Lipinski definition) is 4. The van der Waals surface area contributed by atoms with E-state index < -0.39 is 60.9 Å². The van der Waals surface area contributed by atoms with Crippen LogP contribution in [0.4, 0.5) is 4.79 Å². The highest BCUT2D eigenvalue weighted by Crippen LogP contribution is 2.39. The first-order chi connectivity index (χ1) is 12.6. The second-order valence-corrected chi connectivity index (χ2v) is 7.29. The molecular weight excluding hydrogens is 281 g/mol. The summed E-state index contributed by atoms with van der Waals surface area (Å²) in [7, 11) is -1.49. The smallest absolute Gasteiger partial charge is 0.443 e. The number of amides is 1. The highest BCUT2D eigenvalue weighted by atomic mass is 16.7. The third-order valence-corrected chi connectivity index (χ3v) is 3.66. The molecule has 124 valence electrons. The van der Waals surface area contributed by atoms with Gasteiger partial charge in [-0.3, -0.25) is 4.90 Å². The lowest BCUT2D eigenvalue weighted by Crippen LogP contribution is -2.41. The Morgan fingerprint density at radius 3 is 2.41 bits per heavy atom. The fourth-order valence-corrected chi connectivity index (χ4v) is 1.80. The van der Waals surface area contributed by atoms with Crippen molar-refractivity contribution in [1.29, 1.82) is 0 Å². The second-order valence-electron chi connectivity index (χ2n) is 7.29. The second kappa shape index (κ2) is 5.57. The lowest BCUT2D eigenvalue weighted by atomic mass is 9.75. The van der Waals surface area contributed by atoms with E-state index in [1.807, 2.05) is 0 Å². The van der Waals surface area contributed by atoms with Crippen molar-refractivity contribution in [2.45, 2.75) is 78.0 Å². The molecule has 0 aromatic carbocycles. The van der Waals surface area contributed by atoms with Crippen LogP contribution in [0.25, 0.3) is 0 Å². The molecular formula is C16H28BNO4. The van der Waals surface area contributed by atoms with Gasteiger partial charge < -0.3 is 14.0 Å². The van der Waals surface area contributed by atoms with E-state index >= 15 is 0 Å². The van der Waals surface area contributed by atoms with Gasteiger partial charge in [-0.05, 0) is 66.7 Å². The van der Waals surface area contributed by atoms with E-state index in [4.69, 9.17) is 23.6 Å². The highest BCUT2D eigenvalue weighted by Gasteiger charge is 2.52. The summed E-state index contributed by atoms with van der Waals surface area (Å²) in [5.41, 5.74) is -3.48. The van der Waals surface area contributed by atoms with E-state index in [0.717, 1.165) is 0 Å². The van der Waals surface area contributed by atoms with Crippen molar-refractivity contribution in [2.24, 2.45) is 0 Å². The molecule has 22 heavy (non-hydrogen) atoms. The summed E-state index contributed by atoms with van der Waals surface area (Å²) in [4.78, 5) is 12.9. The van der Waals surface area contributed by atoms with Crippen LogP contribution in [0.2, 0.25) is 0 Å². The largest absolute Gasteiger partial charge is 0.492 e. The lowest BCUT2D eigenvalue weighted by molar-refractivity contribution is 0.00578. The fourth-order valence-electron chi connectivity index (χ4n) is 1.80. The number of carbonyl (C=O) groups excluding carboxylic acids is 1. The normalized spacial score (nSPS) is 36.2. The molecule has 2 rings (SSSR count). The maximum atomic E-state index is 12.7. The summed E-state index contributed by atoms with van der Waals surface area (Å²) in [6.45, 7) is 8.24. The lowest BCUT2D eigenvalue weighted by Gasteiger charge is -2.32. The monoisotopic (exact) mass is 316 g/mol. The zero-order valence-corrected chi connectivity index (χ0v) is 14.2. The average molecular weight is 316 g/mol. The molecule has 0 radical (unpaired) electrons. The van der Waals surface area contributed by atoms with E-state index in [0.29, 0.717) is 0 Å². The van der Waals surface area contributed by atoms with E-state index in [9.17, 15) is 4.79 Å². The van der Waals surface area contributed by atoms with Gasteiger partial charge in [-0.2, -0.15) is 0 Å². The molecule has 2 aliphatic rings. The van der Waals surface area contributed by atoms with Gasteiger partial charge in [0, 0.05) is 20.9 Å². The van der Waals surface area contributed by atoms with Crippen LogP contribution in [-0.2, 0) is 14.0 Å². The summed E-state index contributed by atoms with van der Waals surface area (Å²) in [6, 6.07) is 0. The summed E-state index contributed by atoms with van der Waals surface area (Å²) < 4.78 is 74.6. The quantitative estimate of drug-likeness (QED) is 0.694. The number of allylic oxidation sites excluding steroid dienone is 1. The minimum absolute atomic E-state index is 0.194. The molecule has 0 spiro atoms. The Kier molecular flexibility index (Phi) is 2.53. The average Bonchev–Trinajstić information content (AvgIpc) is 2.62. The van der Waals surface area contributed by atoms with E-state index in [-0.39, 0.29) is 4.90 Å². The minimum Gasteiger partial charge on any atom is -0.443 e. The molecule has 5 nitrogen and oxygen atoms in total. The van der Waals surface area contributed by atoms with Gasteiger partial charge >= 0.3 is 13.2 Å². The molecule has 0 saturated carbocycles. The van der Waals surface area contributed by atoms with Crippen LogP contribution < -0.4 is 0 Å². The maximum Gasteiger partial charge on any atom is 0.492 e. The van der Waals surface area contributed by atoms with Crippen molar-refractivity contribution in [3.8, 4) is 0 Å². The first-order valence-corrected chi connectivity index (χ1v) is 7.20. The van der Waals surface area contributed by atoms with Crippen LogP contribution in [-0.4, -0.2) is 41.4 Å². The van der Waals surface area contributed by atoms with E-state index in [2.05, 4.69) is 0 Å². The predicted molar refractivity (Wildman–Crippen MR) is 86.3 cm³/mol. The highest BCUT2D eigenvalue weighted by molar-refractivity contribution is 6.54. The number of hydrogen-bond donors (Lipinski definition) is 0. The van der Waals surface area contributed by atoms with Gasteiger partial charge in [-0.1, -0.05) is 0 Å². The van der Waals surface area contributed by atoms with Gasteiger partial charge in [0.05, 0.1) is 12.6 Å². The van der Waals surface area contributed by atoms with Crippen molar-refractivity contribution < 1.29 is 28.4 Å². The van der Waals surface area contributed by atoms with Gasteiger partial charge in [0.2, 0.25) is 0 Å². The van der Waals surface area contributed by atoms with Crippen LogP contribution in [0.1, 0.15) is 70.8 Å². The Morgan fingerprint density at radius 2 is 1.91 bits per heavy atom. The number of nitrogens with zero attached hydrogens (tertiary/aromatic N) is 1. The Morgan fingerprint density at radius 1 is 1.36 bits per heavy atom. The standard InChI is InChI=1S/C16H28BNO4/c1-14(2,3)20-13(19)18-10-8-9-12(11-18)17-21-15(4,5)16(6,7)22-17/h11H,8-10H2,1-7H3/i8D2,9D2,10D2,11D. The third-order valence-electron chi connectivity index (χ3n) is 3.66. The Labute approximate surface area is 144 Å². The predicted octanol–water partition coefficient (Wildman–Crippen LogP) is 3.53. The number of rotatable bonds is 1. The fraction of sp³-hybridized carbons (Fsp3) is 0.812. The third kappa shape index (κ3) is 3.66. The summed E-state index contributed by atoms with van der Waals surface area (Å²) in [5, 5.41) is 0. The molecule has 2 aliphatic heterocycles. The van der Waals surface area contributed by atoms with Crippen molar-refractivity contribution in [2.75, 3.05) is 6.50 Å². The van der Waals surface area contributed by atoms with E-state index in [1.54, 1.807) is 48.5 Å². The SMILES string of the molecule is [2H]C1=C(B2OC(C)(C)C(C)(C)O2)C([2H])([2H])C([2H])([2H])C([2H])([2H])N1C(=O)OC(C)(C)C. The molecule has 0 aromatic heterocycles. The molecule has 2 heterocycles. The molecule has 0 aromatic rings. The first-order valence-electron chi connectivity index (χ1n) is 10.7. The summed E-state index contributed by atoms with van der Waals surface area (Å²) in [5.74, 6) is 0. The molecule has 1 fully saturated rings. The zero-order valence-electron chi connectivity index (χ0n) is 21.2. The van der Waals surface area contributed by atoms with Gasteiger partial charge in [0.15, 0.2) is 0 Å². The molecule has 0 bridgehead atoms. The number of carbonyl (C=O) groups is 1. The van der Waals surface area contributed by atoms with Gasteiger partial charge in [0.1, 0.15) is 5.60 Å².